The van der Waals surface area contributed by atoms with Crippen molar-refractivity contribution in [2.75, 3.05) is 45.4 Å². The number of fused-ring (bicyclic) bond motifs is 6. The molecule has 4 aromatic carbocycles. The molecule has 0 spiro atoms. The Hall–Kier alpha value is -3.96. The summed E-state index contributed by atoms with van der Waals surface area (Å²) in [5.74, 6) is 0. The van der Waals surface area contributed by atoms with Gasteiger partial charge in [0.05, 0.1) is 12.0 Å². The van der Waals surface area contributed by atoms with E-state index in [4.69, 9.17) is 21.1 Å². The molecular formula is C43H46ClN2O2+. The van der Waals surface area contributed by atoms with E-state index >= 15 is 0 Å². The van der Waals surface area contributed by atoms with Crippen molar-refractivity contribution in [3.63, 3.8) is 0 Å². The summed E-state index contributed by atoms with van der Waals surface area (Å²) < 4.78 is 13.5. The number of hydrogen-bond acceptors (Lipinski definition) is 3. The molecular weight excluding hydrogens is 612 g/mol. The van der Waals surface area contributed by atoms with Crippen molar-refractivity contribution in [3.05, 3.63) is 130 Å². The molecule has 0 radical (unpaired) electrons. The van der Waals surface area contributed by atoms with Gasteiger partial charge in [0.2, 0.25) is 5.69 Å². The van der Waals surface area contributed by atoms with Gasteiger partial charge >= 0.3 is 0 Å². The van der Waals surface area contributed by atoms with Crippen LogP contribution in [0.1, 0.15) is 51.7 Å². The topological polar surface area (TPSA) is 24.7 Å². The summed E-state index contributed by atoms with van der Waals surface area (Å²) >= 11 is 7.19. The van der Waals surface area contributed by atoms with Crippen molar-refractivity contribution >= 4 is 50.2 Å². The van der Waals surface area contributed by atoms with Crippen molar-refractivity contribution in [2.24, 2.45) is 0 Å². The third-order valence-electron chi connectivity index (χ3n) is 10.7. The second-order valence-corrected chi connectivity index (χ2v) is 14.6. The van der Waals surface area contributed by atoms with Gasteiger partial charge in [-0.2, -0.15) is 4.58 Å². The van der Waals surface area contributed by atoms with Crippen molar-refractivity contribution in [3.8, 4) is 0 Å². The minimum atomic E-state index is -0.173. The van der Waals surface area contributed by atoms with Crippen LogP contribution < -0.4 is 4.90 Å². The molecule has 0 saturated heterocycles. The highest BCUT2D eigenvalue weighted by molar-refractivity contribution is 6.33. The van der Waals surface area contributed by atoms with Crippen LogP contribution in [0.5, 0.6) is 0 Å². The quantitative estimate of drug-likeness (QED) is 0.168. The zero-order valence-corrected chi connectivity index (χ0v) is 29.8. The molecule has 0 saturated carbocycles. The SMILES string of the molecule is COCCN1C(=CC=C2CCC(C=CC3=[N+](CCOC)c4ccc5ccccc5c4C3(C)C)=C2Cl)C(C)(C)c2c1ccc1ccccc21. The molecule has 0 bridgehead atoms. The molecule has 5 heteroatoms. The van der Waals surface area contributed by atoms with E-state index in [-0.39, 0.29) is 10.8 Å². The van der Waals surface area contributed by atoms with Gasteiger partial charge in [0.1, 0.15) is 6.61 Å². The predicted octanol–water partition coefficient (Wildman–Crippen LogP) is 10.1. The number of hydrogen-bond donors (Lipinski definition) is 0. The van der Waals surface area contributed by atoms with Crippen LogP contribution in [-0.2, 0) is 20.3 Å². The lowest BCUT2D eigenvalue weighted by molar-refractivity contribution is -0.441. The lowest BCUT2D eigenvalue weighted by Crippen LogP contribution is -2.28. The Morgan fingerprint density at radius 1 is 0.750 bits per heavy atom. The molecule has 0 atom stereocenters. The number of halogens is 1. The summed E-state index contributed by atoms with van der Waals surface area (Å²) in [6, 6.07) is 26.4. The summed E-state index contributed by atoms with van der Waals surface area (Å²) in [4.78, 5) is 2.44. The van der Waals surface area contributed by atoms with Gasteiger partial charge in [0.15, 0.2) is 12.3 Å². The maximum atomic E-state index is 7.19. The highest BCUT2D eigenvalue weighted by atomic mass is 35.5. The van der Waals surface area contributed by atoms with Crippen LogP contribution in [0.25, 0.3) is 21.5 Å². The predicted molar refractivity (Wildman–Crippen MR) is 202 cm³/mol. The van der Waals surface area contributed by atoms with Gasteiger partial charge in [-0.15, -0.1) is 0 Å². The summed E-state index contributed by atoms with van der Waals surface area (Å²) in [5, 5.41) is 6.04. The first kappa shape index (κ1) is 32.6. The van der Waals surface area contributed by atoms with E-state index < -0.39 is 0 Å². The van der Waals surface area contributed by atoms with Gasteiger partial charge in [-0.3, -0.25) is 0 Å². The van der Waals surface area contributed by atoms with Crippen LogP contribution in [-0.4, -0.2) is 50.8 Å². The maximum absolute atomic E-state index is 7.19. The molecule has 4 aromatic rings. The molecule has 0 unspecified atom stereocenters. The standard InChI is InChI=1S/C43H46ClN2O2/c1-42(2)37(45(25-27-47-5)35-21-17-29-11-7-9-13-33(29)39(35)42)23-19-31-15-16-32(41(31)44)20-24-38-43(3,4)40-34-14-10-8-12-30(34)18-22-36(40)46(38)26-28-48-6/h7-14,17-24H,15-16,25-28H2,1-6H3/q+1. The van der Waals surface area contributed by atoms with Crippen LogP contribution in [0.4, 0.5) is 11.4 Å². The molecule has 2 heterocycles. The Bertz CT molecular complexity index is 2080. The second-order valence-electron chi connectivity index (χ2n) is 14.2. The van der Waals surface area contributed by atoms with Gasteiger partial charge in [-0.05, 0) is 83.2 Å². The van der Waals surface area contributed by atoms with Crippen LogP contribution in [0, 0.1) is 0 Å². The number of benzene rings is 4. The highest BCUT2D eigenvalue weighted by Gasteiger charge is 2.45. The minimum absolute atomic E-state index is 0.173. The molecule has 2 aliphatic heterocycles. The lowest BCUT2D eigenvalue weighted by atomic mass is 9.79. The normalized spacial score (nSPS) is 20.0. The zero-order chi connectivity index (χ0) is 33.6. The minimum Gasteiger partial charge on any atom is -0.383 e. The smallest absolute Gasteiger partial charge is 0.210 e. The monoisotopic (exact) mass is 657 g/mol. The fourth-order valence-corrected chi connectivity index (χ4v) is 8.60. The Kier molecular flexibility index (Phi) is 8.70. The van der Waals surface area contributed by atoms with E-state index in [0.29, 0.717) is 13.2 Å². The summed E-state index contributed by atoms with van der Waals surface area (Å²) in [5.41, 5.74) is 9.86. The number of rotatable bonds is 9. The highest BCUT2D eigenvalue weighted by Crippen LogP contribution is 2.51. The van der Waals surface area contributed by atoms with Crippen molar-refractivity contribution < 1.29 is 14.0 Å². The number of ether oxygens (including phenoxy) is 2. The largest absolute Gasteiger partial charge is 0.383 e. The van der Waals surface area contributed by atoms with E-state index in [1.807, 2.05) is 0 Å². The van der Waals surface area contributed by atoms with Crippen LogP contribution >= 0.6 is 11.6 Å². The molecule has 4 nitrogen and oxygen atoms in total. The Labute approximate surface area is 290 Å². The van der Waals surface area contributed by atoms with E-state index in [1.54, 1.807) is 14.2 Å². The van der Waals surface area contributed by atoms with E-state index in [0.717, 1.165) is 31.0 Å². The molecule has 48 heavy (non-hydrogen) atoms. The first-order chi connectivity index (χ1) is 23.2. The summed E-state index contributed by atoms with van der Waals surface area (Å²) in [6.07, 6.45) is 11.0. The maximum Gasteiger partial charge on any atom is 0.210 e. The van der Waals surface area contributed by atoms with Gasteiger partial charge in [0, 0.05) is 60.3 Å². The van der Waals surface area contributed by atoms with Gasteiger partial charge in [-0.25, -0.2) is 0 Å². The summed E-state index contributed by atoms with van der Waals surface area (Å²) in [6.45, 7) is 12.3. The Morgan fingerprint density at radius 3 is 2.12 bits per heavy atom. The fraction of sp³-hybridized carbons (Fsp3) is 0.326. The van der Waals surface area contributed by atoms with Crippen molar-refractivity contribution in [1.82, 2.24) is 0 Å². The van der Waals surface area contributed by atoms with E-state index in [9.17, 15) is 0 Å². The Balaban J connectivity index is 1.24. The molecule has 1 aliphatic carbocycles. The van der Waals surface area contributed by atoms with Crippen molar-refractivity contribution in [2.45, 2.75) is 51.4 Å². The fourth-order valence-electron chi connectivity index (χ4n) is 8.28. The Morgan fingerprint density at radius 2 is 1.42 bits per heavy atom. The van der Waals surface area contributed by atoms with Crippen molar-refractivity contribution in [1.29, 1.82) is 0 Å². The van der Waals surface area contributed by atoms with E-state index in [1.165, 1.54) is 66.6 Å². The van der Waals surface area contributed by atoms with E-state index in [2.05, 4.69) is 134 Å². The average Bonchev–Trinajstić information content (AvgIpc) is 3.63. The first-order valence-electron chi connectivity index (χ1n) is 17.1. The third-order valence-corrected chi connectivity index (χ3v) is 11.1. The first-order valence-corrected chi connectivity index (χ1v) is 17.5. The number of allylic oxidation sites excluding steroid dienone is 8. The summed E-state index contributed by atoms with van der Waals surface area (Å²) in [7, 11) is 3.55. The average molecular weight is 658 g/mol. The number of nitrogens with zero attached hydrogens (tertiary/aromatic N) is 2. The van der Waals surface area contributed by atoms with Gasteiger partial charge < -0.3 is 14.4 Å². The van der Waals surface area contributed by atoms with Gasteiger partial charge in [-0.1, -0.05) is 92.2 Å². The van der Waals surface area contributed by atoms with Gasteiger partial charge in [0.25, 0.3) is 0 Å². The molecule has 0 fully saturated rings. The molecule has 0 aromatic heterocycles. The molecule has 246 valence electrons. The second kappa shape index (κ2) is 12.8. The zero-order valence-electron chi connectivity index (χ0n) is 29.1. The molecule has 0 N–H and O–H groups in total. The number of methoxy groups -OCH3 is 2. The van der Waals surface area contributed by atoms with Crippen LogP contribution in [0.2, 0.25) is 0 Å². The van der Waals surface area contributed by atoms with Crippen LogP contribution in [0.3, 0.4) is 0 Å². The number of anilines is 1. The lowest BCUT2D eigenvalue weighted by Gasteiger charge is -2.27. The molecule has 7 rings (SSSR count). The van der Waals surface area contributed by atoms with Crippen LogP contribution in [0.15, 0.2) is 119 Å². The third kappa shape index (κ3) is 5.35. The molecule has 3 aliphatic rings. The molecule has 0 amide bonds.